The number of hydrogen-bond acceptors (Lipinski definition) is 3. The Hall–Kier alpha value is -1.23. The summed E-state index contributed by atoms with van der Waals surface area (Å²) in [5, 5.41) is 8.70. The maximum absolute atomic E-state index is 10.6. The highest BCUT2D eigenvalue weighted by molar-refractivity contribution is 9.10. The zero-order chi connectivity index (χ0) is 10.8. The molecule has 1 aliphatic heterocycles. The quantitative estimate of drug-likeness (QED) is 0.893. The van der Waals surface area contributed by atoms with Gasteiger partial charge in [0.15, 0.2) is 11.5 Å². The maximum atomic E-state index is 10.6. The molecule has 1 aliphatic rings. The third-order valence-corrected chi connectivity index (χ3v) is 2.79. The molecule has 0 radical (unpaired) electrons. The molecule has 1 aromatic rings. The van der Waals surface area contributed by atoms with Crippen LogP contribution in [0.2, 0.25) is 0 Å². The minimum atomic E-state index is -0.868. The Morgan fingerprint density at radius 1 is 1.33 bits per heavy atom. The molecule has 0 amide bonds. The molecule has 2 rings (SSSR count). The highest BCUT2D eigenvalue weighted by atomic mass is 79.9. The lowest BCUT2D eigenvalue weighted by Crippen LogP contribution is -2.16. The maximum Gasteiger partial charge on any atom is 0.307 e. The minimum absolute atomic E-state index is 0.0305. The number of ether oxygens (including phenoxy) is 2. The first-order chi connectivity index (χ1) is 7.16. The summed E-state index contributed by atoms with van der Waals surface area (Å²) in [6.45, 7) is 1.03. The zero-order valence-corrected chi connectivity index (χ0v) is 9.41. The predicted molar refractivity (Wildman–Crippen MR) is 56.5 cm³/mol. The average molecular weight is 273 g/mol. The fraction of sp³-hybridized carbons (Fsp3) is 0.300. The lowest BCUT2D eigenvalue weighted by Gasteiger charge is -2.19. The highest BCUT2D eigenvalue weighted by Gasteiger charge is 2.15. The van der Waals surface area contributed by atoms with Gasteiger partial charge in [-0.2, -0.15) is 0 Å². The Labute approximate surface area is 94.9 Å². The van der Waals surface area contributed by atoms with Crippen LogP contribution in [0, 0.1) is 0 Å². The van der Waals surface area contributed by atoms with Crippen LogP contribution >= 0.6 is 15.9 Å². The topological polar surface area (TPSA) is 55.8 Å². The van der Waals surface area contributed by atoms with Crippen molar-refractivity contribution in [2.75, 3.05) is 13.2 Å². The van der Waals surface area contributed by atoms with E-state index in [9.17, 15) is 4.79 Å². The van der Waals surface area contributed by atoms with E-state index in [4.69, 9.17) is 14.6 Å². The third kappa shape index (κ3) is 2.23. The molecular weight excluding hydrogens is 264 g/mol. The molecule has 0 unspecified atom stereocenters. The molecule has 15 heavy (non-hydrogen) atoms. The fourth-order valence-corrected chi connectivity index (χ4v) is 1.87. The van der Waals surface area contributed by atoms with Crippen molar-refractivity contribution in [2.45, 2.75) is 6.42 Å². The van der Waals surface area contributed by atoms with Gasteiger partial charge in [0.05, 0.1) is 6.42 Å². The van der Waals surface area contributed by atoms with E-state index in [0.29, 0.717) is 30.3 Å². The van der Waals surface area contributed by atoms with Gasteiger partial charge in [0.25, 0.3) is 0 Å². The summed E-state index contributed by atoms with van der Waals surface area (Å²) < 4.78 is 11.5. The van der Waals surface area contributed by atoms with Crippen LogP contribution in [0.5, 0.6) is 11.5 Å². The molecule has 0 bridgehead atoms. The first-order valence-corrected chi connectivity index (χ1v) is 5.26. The van der Waals surface area contributed by atoms with Crippen molar-refractivity contribution in [3.05, 3.63) is 22.2 Å². The summed E-state index contributed by atoms with van der Waals surface area (Å²) in [6.07, 6.45) is -0.0305. The molecule has 0 spiro atoms. The van der Waals surface area contributed by atoms with Gasteiger partial charge in [-0.1, -0.05) is 15.9 Å². The first kappa shape index (κ1) is 10.3. The van der Waals surface area contributed by atoms with Crippen LogP contribution in [-0.4, -0.2) is 24.3 Å². The van der Waals surface area contributed by atoms with Crippen molar-refractivity contribution in [3.63, 3.8) is 0 Å². The largest absolute Gasteiger partial charge is 0.486 e. The van der Waals surface area contributed by atoms with Crippen molar-refractivity contribution >= 4 is 21.9 Å². The molecule has 4 nitrogen and oxygen atoms in total. The summed E-state index contributed by atoms with van der Waals surface area (Å²) >= 11 is 3.30. The summed E-state index contributed by atoms with van der Waals surface area (Å²) in [6, 6.07) is 3.44. The van der Waals surface area contributed by atoms with Crippen LogP contribution < -0.4 is 9.47 Å². The van der Waals surface area contributed by atoms with E-state index in [0.717, 1.165) is 4.47 Å². The second kappa shape index (κ2) is 4.10. The number of benzene rings is 1. The van der Waals surface area contributed by atoms with Crippen LogP contribution in [0.4, 0.5) is 0 Å². The molecule has 0 fully saturated rings. The van der Waals surface area contributed by atoms with E-state index in [1.165, 1.54) is 0 Å². The van der Waals surface area contributed by atoms with Crippen LogP contribution in [-0.2, 0) is 11.2 Å². The van der Waals surface area contributed by atoms with Gasteiger partial charge in [-0.15, -0.1) is 0 Å². The zero-order valence-electron chi connectivity index (χ0n) is 7.83. The molecule has 0 atom stereocenters. The molecule has 1 N–H and O–H groups in total. The number of aliphatic carboxylic acids is 1. The van der Waals surface area contributed by atoms with Crippen molar-refractivity contribution in [2.24, 2.45) is 0 Å². The number of fused-ring (bicyclic) bond motifs is 1. The minimum Gasteiger partial charge on any atom is -0.486 e. The predicted octanol–water partition coefficient (Wildman–Crippen LogP) is 1.85. The van der Waals surface area contributed by atoms with E-state index < -0.39 is 5.97 Å². The van der Waals surface area contributed by atoms with E-state index in [-0.39, 0.29) is 6.42 Å². The van der Waals surface area contributed by atoms with Crippen molar-refractivity contribution in [1.29, 1.82) is 0 Å². The summed E-state index contributed by atoms with van der Waals surface area (Å²) in [4.78, 5) is 10.6. The number of carbonyl (C=O) groups is 1. The standard InChI is InChI=1S/C10H9BrO4/c11-7-5-9-8(14-1-2-15-9)3-6(7)4-10(12)13/h3,5H,1-2,4H2,(H,12,13). The van der Waals surface area contributed by atoms with Crippen LogP contribution in [0.25, 0.3) is 0 Å². The lowest BCUT2D eigenvalue weighted by atomic mass is 10.1. The van der Waals surface area contributed by atoms with Gasteiger partial charge in [0.1, 0.15) is 13.2 Å². The SMILES string of the molecule is O=C(O)Cc1cc2c(cc1Br)OCCO2. The highest BCUT2D eigenvalue weighted by Crippen LogP contribution is 2.35. The Morgan fingerprint density at radius 3 is 2.53 bits per heavy atom. The molecule has 0 aromatic heterocycles. The van der Waals surface area contributed by atoms with Crippen molar-refractivity contribution in [1.82, 2.24) is 0 Å². The van der Waals surface area contributed by atoms with Gasteiger partial charge in [-0.3, -0.25) is 4.79 Å². The lowest BCUT2D eigenvalue weighted by molar-refractivity contribution is -0.136. The summed E-state index contributed by atoms with van der Waals surface area (Å²) in [5.41, 5.74) is 0.687. The number of halogens is 1. The average Bonchev–Trinajstić information content (AvgIpc) is 2.18. The van der Waals surface area contributed by atoms with E-state index in [2.05, 4.69) is 15.9 Å². The molecule has 1 aromatic carbocycles. The Kier molecular flexibility index (Phi) is 2.81. The van der Waals surface area contributed by atoms with Crippen LogP contribution in [0.3, 0.4) is 0 Å². The third-order valence-electron chi connectivity index (χ3n) is 2.05. The number of carboxylic acids is 1. The second-order valence-electron chi connectivity index (χ2n) is 3.16. The normalized spacial score (nSPS) is 13.7. The Balaban J connectivity index is 2.36. The van der Waals surface area contributed by atoms with Gasteiger partial charge in [-0.25, -0.2) is 0 Å². The van der Waals surface area contributed by atoms with E-state index in [1.807, 2.05) is 0 Å². The van der Waals surface area contributed by atoms with Crippen LogP contribution in [0.15, 0.2) is 16.6 Å². The van der Waals surface area contributed by atoms with E-state index in [1.54, 1.807) is 12.1 Å². The number of hydrogen-bond donors (Lipinski definition) is 1. The van der Waals surface area contributed by atoms with Crippen molar-refractivity contribution in [3.8, 4) is 11.5 Å². The molecule has 0 saturated carbocycles. The fourth-order valence-electron chi connectivity index (χ4n) is 1.40. The molecule has 5 heteroatoms. The van der Waals surface area contributed by atoms with Gasteiger partial charge < -0.3 is 14.6 Å². The Bertz CT molecular complexity index is 403. The van der Waals surface area contributed by atoms with Gasteiger partial charge in [0, 0.05) is 4.47 Å². The van der Waals surface area contributed by atoms with Gasteiger partial charge in [-0.05, 0) is 17.7 Å². The smallest absolute Gasteiger partial charge is 0.307 e. The van der Waals surface area contributed by atoms with Crippen molar-refractivity contribution < 1.29 is 19.4 Å². The molecule has 80 valence electrons. The monoisotopic (exact) mass is 272 g/mol. The van der Waals surface area contributed by atoms with Crippen LogP contribution in [0.1, 0.15) is 5.56 Å². The molecule has 1 heterocycles. The Morgan fingerprint density at radius 2 is 1.93 bits per heavy atom. The molecule has 0 aliphatic carbocycles. The number of rotatable bonds is 2. The van der Waals surface area contributed by atoms with E-state index >= 15 is 0 Å². The summed E-state index contributed by atoms with van der Waals surface area (Å²) in [7, 11) is 0. The van der Waals surface area contributed by atoms with Gasteiger partial charge in [0.2, 0.25) is 0 Å². The first-order valence-electron chi connectivity index (χ1n) is 4.46. The number of carboxylic acid groups (broad SMARTS) is 1. The molecule has 0 saturated heterocycles. The molecular formula is C10H9BrO4. The second-order valence-corrected chi connectivity index (χ2v) is 4.01. The van der Waals surface area contributed by atoms with Gasteiger partial charge >= 0.3 is 5.97 Å². The summed E-state index contributed by atoms with van der Waals surface area (Å²) in [5.74, 6) is 0.398.